The van der Waals surface area contributed by atoms with Gasteiger partial charge >= 0.3 is 0 Å². The van der Waals surface area contributed by atoms with Crippen molar-refractivity contribution in [1.29, 1.82) is 0 Å². The molecule has 1 aromatic heterocycles. The summed E-state index contributed by atoms with van der Waals surface area (Å²) in [6.45, 7) is 2.48. The van der Waals surface area contributed by atoms with E-state index in [2.05, 4.69) is 15.6 Å². The standard InChI is InChI=1S/C10H19N5O/c1-14(2)10(16)4-6-11-5-3-8-15-9-7-12-13-15/h7,9,11H,3-6,8H2,1-2H3. The number of rotatable bonds is 7. The van der Waals surface area contributed by atoms with Crippen molar-refractivity contribution >= 4 is 5.91 Å². The molecule has 0 fully saturated rings. The van der Waals surface area contributed by atoms with E-state index in [1.54, 1.807) is 29.9 Å². The third-order valence-electron chi connectivity index (χ3n) is 2.23. The van der Waals surface area contributed by atoms with Crippen LogP contribution in [-0.4, -0.2) is 53.0 Å². The third kappa shape index (κ3) is 4.88. The van der Waals surface area contributed by atoms with E-state index in [0.717, 1.165) is 26.1 Å². The molecule has 0 atom stereocenters. The number of carbonyl (C=O) groups is 1. The van der Waals surface area contributed by atoms with Gasteiger partial charge in [-0.3, -0.25) is 9.48 Å². The SMILES string of the molecule is CN(C)C(=O)CCNCCCn1ccnn1. The Morgan fingerprint density at radius 2 is 2.25 bits per heavy atom. The van der Waals surface area contributed by atoms with Crippen molar-refractivity contribution < 1.29 is 4.79 Å². The fraction of sp³-hybridized carbons (Fsp3) is 0.700. The number of aryl methyl sites for hydroxylation is 1. The fourth-order valence-corrected chi connectivity index (χ4v) is 1.26. The summed E-state index contributed by atoms with van der Waals surface area (Å²) in [6, 6.07) is 0. The Morgan fingerprint density at radius 3 is 2.88 bits per heavy atom. The molecule has 0 spiro atoms. The lowest BCUT2D eigenvalue weighted by atomic mass is 10.3. The van der Waals surface area contributed by atoms with Crippen LogP contribution in [0.25, 0.3) is 0 Å². The summed E-state index contributed by atoms with van der Waals surface area (Å²) in [5.41, 5.74) is 0. The lowest BCUT2D eigenvalue weighted by Crippen LogP contribution is -2.27. The molecule has 1 aromatic rings. The summed E-state index contributed by atoms with van der Waals surface area (Å²) >= 11 is 0. The lowest BCUT2D eigenvalue weighted by Gasteiger charge is -2.10. The molecular weight excluding hydrogens is 206 g/mol. The number of carbonyl (C=O) groups excluding carboxylic acids is 1. The molecule has 0 aromatic carbocycles. The number of hydrogen-bond acceptors (Lipinski definition) is 4. The molecule has 1 amide bonds. The van der Waals surface area contributed by atoms with E-state index in [9.17, 15) is 4.79 Å². The van der Waals surface area contributed by atoms with Crippen LogP contribution in [0.5, 0.6) is 0 Å². The molecule has 1 rings (SSSR count). The molecule has 0 radical (unpaired) electrons. The maximum Gasteiger partial charge on any atom is 0.223 e. The molecule has 0 aliphatic rings. The molecule has 6 nitrogen and oxygen atoms in total. The zero-order valence-electron chi connectivity index (χ0n) is 9.89. The Labute approximate surface area is 95.6 Å². The van der Waals surface area contributed by atoms with Crippen molar-refractivity contribution in [2.75, 3.05) is 27.2 Å². The van der Waals surface area contributed by atoms with Gasteiger partial charge in [-0.1, -0.05) is 5.21 Å². The van der Waals surface area contributed by atoms with E-state index in [-0.39, 0.29) is 5.91 Å². The minimum atomic E-state index is 0.156. The zero-order valence-corrected chi connectivity index (χ0v) is 9.89. The predicted molar refractivity (Wildman–Crippen MR) is 60.8 cm³/mol. The van der Waals surface area contributed by atoms with Gasteiger partial charge in [-0.25, -0.2) is 0 Å². The number of nitrogens with zero attached hydrogens (tertiary/aromatic N) is 4. The summed E-state index contributed by atoms with van der Waals surface area (Å²) < 4.78 is 1.80. The molecule has 0 saturated carbocycles. The van der Waals surface area contributed by atoms with Gasteiger partial charge in [0.1, 0.15) is 0 Å². The second-order valence-corrected chi connectivity index (χ2v) is 3.81. The number of hydrogen-bond donors (Lipinski definition) is 1. The Morgan fingerprint density at radius 1 is 1.44 bits per heavy atom. The summed E-state index contributed by atoms with van der Waals surface area (Å²) in [6.07, 6.45) is 5.05. The zero-order chi connectivity index (χ0) is 11.8. The highest BCUT2D eigenvalue weighted by atomic mass is 16.2. The van der Waals surface area contributed by atoms with Gasteiger partial charge in [0.25, 0.3) is 0 Å². The van der Waals surface area contributed by atoms with Crippen LogP contribution in [0.1, 0.15) is 12.8 Å². The molecule has 90 valence electrons. The van der Waals surface area contributed by atoms with E-state index in [4.69, 9.17) is 0 Å². The Kier molecular flexibility index (Phi) is 5.49. The van der Waals surface area contributed by atoms with E-state index in [1.165, 1.54) is 0 Å². The molecule has 0 aliphatic carbocycles. The number of nitrogens with one attached hydrogen (secondary N) is 1. The second kappa shape index (κ2) is 6.95. The lowest BCUT2D eigenvalue weighted by molar-refractivity contribution is -0.128. The molecule has 0 aliphatic heterocycles. The quantitative estimate of drug-likeness (QED) is 0.649. The molecular formula is C10H19N5O. The van der Waals surface area contributed by atoms with Crippen LogP contribution < -0.4 is 5.32 Å². The molecule has 0 unspecified atom stereocenters. The van der Waals surface area contributed by atoms with Gasteiger partial charge in [-0.2, -0.15) is 0 Å². The van der Waals surface area contributed by atoms with E-state index < -0.39 is 0 Å². The van der Waals surface area contributed by atoms with Gasteiger partial charge in [-0.05, 0) is 13.0 Å². The largest absolute Gasteiger partial charge is 0.349 e. The van der Waals surface area contributed by atoms with Gasteiger partial charge in [0.05, 0.1) is 6.20 Å². The van der Waals surface area contributed by atoms with Crippen molar-refractivity contribution in [1.82, 2.24) is 25.2 Å². The monoisotopic (exact) mass is 225 g/mol. The maximum atomic E-state index is 11.2. The maximum absolute atomic E-state index is 11.2. The minimum Gasteiger partial charge on any atom is -0.349 e. The van der Waals surface area contributed by atoms with Crippen molar-refractivity contribution in [3.05, 3.63) is 12.4 Å². The van der Waals surface area contributed by atoms with Gasteiger partial charge < -0.3 is 10.2 Å². The van der Waals surface area contributed by atoms with Gasteiger partial charge in [0.2, 0.25) is 5.91 Å². The minimum absolute atomic E-state index is 0.156. The van der Waals surface area contributed by atoms with Gasteiger partial charge in [-0.15, -0.1) is 5.10 Å². The van der Waals surface area contributed by atoms with Crippen molar-refractivity contribution in [3.63, 3.8) is 0 Å². The molecule has 0 saturated heterocycles. The second-order valence-electron chi connectivity index (χ2n) is 3.81. The highest BCUT2D eigenvalue weighted by Crippen LogP contribution is 1.87. The first-order valence-electron chi connectivity index (χ1n) is 5.45. The average Bonchev–Trinajstić information content (AvgIpc) is 2.75. The van der Waals surface area contributed by atoms with Crippen LogP contribution in [0.4, 0.5) is 0 Å². The van der Waals surface area contributed by atoms with Gasteiger partial charge in [0.15, 0.2) is 0 Å². The highest BCUT2D eigenvalue weighted by molar-refractivity contribution is 5.75. The highest BCUT2D eigenvalue weighted by Gasteiger charge is 2.01. The van der Waals surface area contributed by atoms with E-state index in [1.807, 2.05) is 6.20 Å². The first-order valence-corrected chi connectivity index (χ1v) is 5.45. The fourth-order valence-electron chi connectivity index (χ4n) is 1.26. The van der Waals surface area contributed by atoms with Crippen LogP contribution in [-0.2, 0) is 11.3 Å². The van der Waals surface area contributed by atoms with Crippen LogP contribution >= 0.6 is 0 Å². The van der Waals surface area contributed by atoms with Crippen LogP contribution in [0.3, 0.4) is 0 Å². The summed E-state index contributed by atoms with van der Waals surface area (Å²) in [7, 11) is 3.54. The normalized spacial score (nSPS) is 10.4. The Balaban J connectivity index is 1.94. The Hall–Kier alpha value is -1.43. The third-order valence-corrected chi connectivity index (χ3v) is 2.23. The van der Waals surface area contributed by atoms with Crippen molar-refractivity contribution in [2.45, 2.75) is 19.4 Å². The van der Waals surface area contributed by atoms with E-state index >= 15 is 0 Å². The molecule has 0 bridgehead atoms. The predicted octanol–water partition coefficient (Wildman–Crippen LogP) is -0.264. The average molecular weight is 225 g/mol. The van der Waals surface area contributed by atoms with Crippen LogP contribution in [0.2, 0.25) is 0 Å². The molecule has 1 N–H and O–H groups in total. The smallest absolute Gasteiger partial charge is 0.223 e. The van der Waals surface area contributed by atoms with Crippen LogP contribution in [0.15, 0.2) is 12.4 Å². The molecule has 1 heterocycles. The topological polar surface area (TPSA) is 63.1 Å². The van der Waals surface area contributed by atoms with Gasteiger partial charge in [0, 0.05) is 39.8 Å². The van der Waals surface area contributed by atoms with Crippen molar-refractivity contribution in [2.24, 2.45) is 0 Å². The summed E-state index contributed by atoms with van der Waals surface area (Å²) in [4.78, 5) is 12.8. The first-order chi connectivity index (χ1) is 7.70. The van der Waals surface area contributed by atoms with Crippen LogP contribution in [0, 0.1) is 0 Å². The summed E-state index contributed by atoms with van der Waals surface area (Å²) in [5.74, 6) is 0.156. The van der Waals surface area contributed by atoms with E-state index in [0.29, 0.717) is 6.42 Å². The summed E-state index contributed by atoms with van der Waals surface area (Å²) in [5, 5.41) is 10.8. The Bertz CT molecular complexity index is 296. The molecule has 6 heteroatoms. The van der Waals surface area contributed by atoms with Crippen molar-refractivity contribution in [3.8, 4) is 0 Å². The number of amides is 1. The number of aromatic nitrogens is 3. The first kappa shape index (κ1) is 12.6. The molecule has 16 heavy (non-hydrogen) atoms.